The number of methoxy groups -OCH3 is 1. The van der Waals surface area contributed by atoms with E-state index < -0.39 is 5.60 Å². The van der Waals surface area contributed by atoms with Crippen LogP contribution in [0, 0.1) is 6.92 Å². The number of hydrogen-bond donors (Lipinski definition) is 1. The molecule has 2 heterocycles. The molecule has 1 fully saturated rings. The lowest BCUT2D eigenvalue weighted by molar-refractivity contribution is -0.0168. The van der Waals surface area contributed by atoms with Crippen molar-refractivity contribution in [3.8, 4) is 17.2 Å². The molecule has 1 atom stereocenters. The Morgan fingerprint density at radius 3 is 2.65 bits per heavy atom. The number of halogens is 2. The zero-order valence-electron chi connectivity index (χ0n) is 21.5. The normalized spacial score (nSPS) is 18.4. The van der Waals surface area contributed by atoms with Crippen LogP contribution in [0.15, 0.2) is 48.8 Å². The highest BCUT2D eigenvalue weighted by atomic mass is 35.5. The van der Waals surface area contributed by atoms with Crippen LogP contribution >= 0.6 is 23.2 Å². The van der Waals surface area contributed by atoms with Gasteiger partial charge in [0, 0.05) is 38.1 Å². The average Bonchev–Trinajstić information content (AvgIpc) is 3.21. The molecule has 0 radical (unpaired) electrons. The lowest BCUT2D eigenvalue weighted by Crippen LogP contribution is -2.37. The Morgan fingerprint density at radius 2 is 1.89 bits per heavy atom. The summed E-state index contributed by atoms with van der Waals surface area (Å²) in [6.45, 7) is 6.14. The molecule has 2 aromatic carbocycles. The Kier molecular flexibility index (Phi) is 9.60. The van der Waals surface area contributed by atoms with Crippen LogP contribution in [0.25, 0.3) is 0 Å². The van der Waals surface area contributed by atoms with Crippen LogP contribution in [0.1, 0.15) is 37.1 Å². The summed E-state index contributed by atoms with van der Waals surface area (Å²) in [5.74, 6) is 3.10. The van der Waals surface area contributed by atoms with Crippen molar-refractivity contribution in [2.24, 2.45) is 0 Å². The predicted octanol–water partition coefficient (Wildman–Crippen LogP) is 5.77. The van der Waals surface area contributed by atoms with Gasteiger partial charge in [-0.25, -0.2) is 4.98 Å². The van der Waals surface area contributed by atoms with Crippen LogP contribution in [0.4, 0.5) is 0 Å². The van der Waals surface area contributed by atoms with Crippen molar-refractivity contribution in [1.29, 1.82) is 0 Å². The molecule has 1 saturated heterocycles. The highest BCUT2D eigenvalue weighted by Gasteiger charge is 2.31. The van der Waals surface area contributed by atoms with E-state index in [1.807, 2.05) is 31.5 Å². The van der Waals surface area contributed by atoms with Gasteiger partial charge in [0.05, 0.1) is 29.4 Å². The van der Waals surface area contributed by atoms with Crippen molar-refractivity contribution < 1.29 is 19.3 Å². The second-order valence-electron chi connectivity index (χ2n) is 9.57. The first kappa shape index (κ1) is 27.6. The van der Waals surface area contributed by atoms with Crippen LogP contribution in [0.2, 0.25) is 10.0 Å². The van der Waals surface area contributed by atoms with Crippen LogP contribution in [0.5, 0.6) is 17.2 Å². The smallest absolute Gasteiger partial charge is 0.161 e. The Bertz CT molecular complexity index is 1170. The number of nitrogens with zero attached hydrogens (tertiary/aromatic N) is 3. The molecule has 0 bridgehead atoms. The fourth-order valence-electron chi connectivity index (χ4n) is 4.57. The topological polar surface area (TPSA) is 69.0 Å². The molecule has 9 heteroatoms. The second-order valence-corrected chi connectivity index (χ2v) is 10.4. The lowest BCUT2D eigenvalue weighted by atomic mass is 9.96. The molecule has 1 aromatic heterocycles. The number of hydrogen-bond acceptors (Lipinski definition) is 6. The molecular weight excluding hydrogens is 513 g/mol. The number of rotatable bonds is 11. The van der Waals surface area contributed by atoms with Crippen molar-refractivity contribution in [2.45, 2.75) is 51.3 Å². The first-order valence-electron chi connectivity index (χ1n) is 12.7. The van der Waals surface area contributed by atoms with Crippen molar-refractivity contribution in [3.05, 3.63) is 70.2 Å². The summed E-state index contributed by atoms with van der Waals surface area (Å²) in [6.07, 6.45) is 6.87. The number of aryl methyl sites for hydroxylation is 2. The molecule has 200 valence electrons. The molecule has 0 unspecified atom stereocenters. The Hall–Kier alpha value is -2.45. The summed E-state index contributed by atoms with van der Waals surface area (Å²) in [6, 6.07) is 11.3. The standard InChI is InChI=1S/C28H35Cl2N3O4/c1-21-31-11-15-33(21)13-4-16-36-26-8-5-22(17-27(26)35-2)19-32-12-3-9-28(34,10-14-32)20-37-23-6-7-24(29)25(30)18-23/h5-8,11,15,17-18,34H,3-4,9-10,12-14,16,19-20H2,1-2H3/t28-/m1/s1. The number of imidazole rings is 1. The third-order valence-corrected chi connectivity index (χ3v) is 7.51. The lowest BCUT2D eigenvalue weighted by Gasteiger charge is -2.27. The molecule has 3 aromatic rings. The fraction of sp³-hybridized carbons (Fsp3) is 0.464. The van der Waals surface area contributed by atoms with Crippen LogP contribution in [-0.2, 0) is 13.1 Å². The quantitative estimate of drug-likeness (QED) is 0.307. The average molecular weight is 549 g/mol. The predicted molar refractivity (Wildman–Crippen MR) is 146 cm³/mol. The number of likely N-dealkylation sites (tertiary alicyclic amines) is 1. The summed E-state index contributed by atoms with van der Waals surface area (Å²) in [4.78, 5) is 6.61. The summed E-state index contributed by atoms with van der Waals surface area (Å²) in [7, 11) is 1.67. The van der Waals surface area contributed by atoms with Crippen molar-refractivity contribution >= 4 is 23.2 Å². The number of aliphatic hydroxyl groups is 1. The summed E-state index contributed by atoms with van der Waals surface area (Å²) in [5, 5.41) is 12.1. The van der Waals surface area contributed by atoms with E-state index >= 15 is 0 Å². The van der Waals surface area contributed by atoms with E-state index in [1.165, 1.54) is 0 Å². The monoisotopic (exact) mass is 547 g/mol. The largest absolute Gasteiger partial charge is 0.493 e. The SMILES string of the molecule is COc1cc(CN2CCC[C@](O)(COc3ccc(Cl)c(Cl)c3)CC2)ccc1OCCCn1ccnc1C. The second kappa shape index (κ2) is 12.9. The van der Waals surface area contributed by atoms with E-state index in [9.17, 15) is 5.11 Å². The van der Waals surface area contributed by atoms with Gasteiger partial charge in [0.15, 0.2) is 11.5 Å². The molecule has 0 amide bonds. The van der Waals surface area contributed by atoms with Gasteiger partial charge in [-0.1, -0.05) is 29.3 Å². The zero-order chi connectivity index (χ0) is 26.3. The molecule has 0 aliphatic carbocycles. The van der Waals surface area contributed by atoms with Crippen LogP contribution in [0.3, 0.4) is 0 Å². The molecule has 7 nitrogen and oxygen atoms in total. The molecule has 4 rings (SSSR count). The Morgan fingerprint density at radius 1 is 1.03 bits per heavy atom. The maximum absolute atomic E-state index is 11.2. The van der Waals surface area contributed by atoms with E-state index in [0.29, 0.717) is 35.2 Å². The van der Waals surface area contributed by atoms with Crippen LogP contribution < -0.4 is 14.2 Å². The number of ether oxygens (including phenoxy) is 3. The van der Waals surface area contributed by atoms with Gasteiger partial charge < -0.3 is 23.9 Å². The maximum atomic E-state index is 11.2. The molecule has 1 N–H and O–H groups in total. The minimum Gasteiger partial charge on any atom is -0.493 e. The third-order valence-electron chi connectivity index (χ3n) is 6.77. The van der Waals surface area contributed by atoms with E-state index in [4.69, 9.17) is 37.4 Å². The highest BCUT2D eigenvalue weighted by Crippen LogP contribution is 2.31. The summed E-state index contributed by atoms with van der Waals surface area (Å²) in [5.41, 5.74) is 0.265. The Balaban J connectivity index is 1.26. The minimum atomic E-state index is -0.883. The third kappa shape index (κ3) is 7.77. The summed E-state index contributed by atoms with van der Waals surface area (Å²) < 4.78 is 19.6. The van der Waals surface area contributed by atoms with Gasteiger partial charge in [-0.3, -0.25) is 4.90 Å². The maximum Gasteiger partial charge on any atom is 0.161 e. The molecule has 1 aliphatic heterocycles. The van der Waals surface area contributed by atoms with Gasteiger partial charge in [-0.2, -0.15) is 0 Å². The first-order valence-corrected chi connectivity index (χ1v) is 13.4. The first-order chi connectivity index (χ1) is 17.8. The molecule has 1 aliphatic rings. The van der Waals surface area contributed by atoms with E-state index in [2.05, 4.69) is 20.5 Å². The zero-order valence-corrected chi connectivity index (χ0v) is 23.0. The highest BCUT2D eigenvalue weighted by molar-refractivity contribution is 6.42. The molecule has 0 spiro atoms. The number of benzene rings is 2. The Labute approximate surface area is 228 Å². The van der Waals surface area contributed by atoms with Gasteiger partial charge in [0.25, 0.3) is 0 Å². The van der Waals surface area contributed by atoms with Crippen LogP contribution in [-0.4, -0.2) is 58.6 Å². The number of aromatic nitrogens is 2. The van der Waals surface area contributed by atoms with Gasteiger partial charge in [-0.05, 0) is 69.0 Å². The molecule has 37 heavy (non-hydrogen) atoms. The van der Waals surface area contributed by atoms with Crippen molar-refractivity contribution in [3.63, 3.8) is 0 Å². The summed E-state index contributed by atoms with van der Waals surface area (Å²) >= 11 is 12.1. The minimum absolute atomic E-state index is 0.221. The van der Waals surface area contributed by atoms with E-state index in [1.54, 1.807) is 25.3 Å². The van der Waals surface area contributed by atoms with E-state index in [-0.39, 0.29) is 6.61 Å². The van der Waals surface area contributed by atoms with E-state index in [0.717, 1.165) is 61.9 Å². The van der Waals surface area contributed by atoms with Crippen molar-refractivity contribution in [2.75, 3.05) is 33.4 Å². The van der Waals surface area contributed by atoms with Gasteiger partial charge in [0.2, 0.25) is 0 Å². The molecular formula is C28H35Cl2N3O4. The molecule has 0 saturated carbocycles. The van der Waals surface area contributed by atoms with Gasteiger partial charge in [-0.15, -0.1) is 0 Å². The van der Waals surface area contributed by atoms with Gasteiger partial charge >= 0.3 is 0 Å². The van der Waals surface area contributed by atoms with Gasteiger partial charge in [0.1, 0.15) is 18.2 Å². The fourth-order valence-corrected chi connectivity index (χ4v) is 4.85. The van der Waals surface area contributed by atoms with Crippen molar-refractivity contribution in [1.82, 2.24) is 14.5 Å².